The zero-order valence-electron chi connectivity index (χ0n) is 12.0. The van der Waals surface area contributed by atoms with Crippen molar-refractivity contribution in [1.29, 1.82) is 0 Å². The third-order valence-corrected chi connectivity index (χ3v) is 2.96. The molecule has 0 aliphatic carbocycles. The molecule has 0 bridgehead atoms. The first kappa shape index (κ1) is 15.8. The van der Waals surface area contributed by atoms with Gasteiger partial charge in [-0.1, -0.05) is 0 Å². The minimum absolute atomic E-state index is 0.144. The number of nitrogens with zero attached hydrogens (tertiary/aromatic N) is 1. The van der Waals surface area contributed by atoms with Gasteiger partial charge in [-0.15, -0.1) is 0 Å². The van der Waals surface area contributed by atoms with Crippen molar-refractivity contribution in [3.05, 3.63) is 0 Å². The lowest BCUT2D eigenvalue weighted by Crippen LogP contribution is -2.52. The molecule has 19 heavy (non-hydrogen) atoms. The number of carboxylic acids is 1. The van der Waals surface area contributed by atoms with Crippen molar-refractivity contribution >= 4 is 12.1 Å². The molecular weight excluding hydrogens is 250 g/mol. The van der Waals surface area contributed by atoms with Crippen LogP contribution < -0.4 is 0 Å². The van der Waals surface area contributed by atoms with Crippen LogP contribution in [0.4, 0.5) is 4.79 Å². The SMILES string of the molecule is CC(C(=O)O)N(C(=O)OC(C)(C)C)C1CCOCC1. The molecule has 1 aliphatic rings. The van der Waals surface area contributed by atoms with Crippen LogP contribution in [-0.4, -0.2) is 53.0 Å². The largest absolute Gasteiger partial charge is 0.480 e. The van der Waals surface area contributed by atoms with Crippen molar-refractivity contribution in [3.63, 3.8) is 0 Å². The first-order valence-electron chi connectivity index (χ1n) is 6.54. The Labute approximate surface area is 113 Å². The predicted molar refractivity (Wildman–Crippen MR) is 69.0 cm³/mol. The average Bonchev–Trinajstić information content (AvgIpc) is 2.28. The van der Waals surface area contributed by atoms with Crippen molar-refractivity contribution in [3.8, 4) is 0 Å². The molecule has 0 spiro atoms. The number of carboxylic acid groups (broad SMARTS) is 1. The molecule has 1 atom stereocenters. The molecule has 1 saturated heterocycles. The van der Waals surface area contributed by atoms with Crippen LogP contribution in [0.25, 0.3) is 0 Å². The molecule has 1 aliphatic heterocycles. The standard InChI is InChI=1S/C13H23NO5/c1-9(11(15)16)14(10-5-7-18-8-6-10)12(17)19-13(2,3)4/h9-10H,5-8H2,1-4H3,(H,15,16). The maximum Gasteiger partial charge on any atom is 0.411 e. The third-order valence-electron chi connectivity index (χ3n) is 2.96. The van der Waals surface area contributed by atoms with Gasteiger partial charge in [-0.2, -0.15) is 0 Å². The third kappa shape index (κ3) is 4.70. The number of carbonyl (C=O) groups is 2. The second kappa shape index (κ2) is 6.23. The highest BCUT2D eigenvalue weighted by Crippen LogP contribution is 2.21. The van der Waals surface area contributed by atoms with Crippen molar-refractivity contribution in [2.24, 2.45) is 0 Å². The topological polar surface area (TPSA) is 76.1 Å². The van der Waals surface area contributed by atoms with Gasteiger partial charge in [-0.3, -0.25) is 4.90 Å². The van der Waals surface area contributed by atoms with Crippen LogP contribution in [0.2, 0.25) is 0 Å². The molecule has 0 aromatic rings. The lowest BCUT2D eigenvalue weighted by Gasteiger charge is -2.37. The lowest BCUT2D eigenvalue weighted by atomic mass is 10.1. The molecular formula is C13H23NO5. The number of aliphatic carboxylic acids is 1. The highest BCUT2D eigenvalue weighted by Gasteiger charge is 2.35. The molecule has 1 fully saturated rings. The number of hydrogen-bond acceptors (Lipinski definition) is 4. The quantitative estimate of drug-likeness (QED) is 0.849. The summed E-state index contributed by atoms with van der Waals surface area (Å²) in [6, 6.07) is -1.05. The Kier molecular flexibility index (Phi) is 5.17. The van der Waals surface area contributed by atoms with E-state index in [0.717, 1.165) is 0 Å². The van der Waals surface area contributed by atoms with E-state index in [9.17, 15) is 9.59 Å². The van der Waals surface area contributed by atoms with Crippen LogP contribution in [0, 0.1) is 0 Å². The number of amides is 1. The Balaban J connectivity index is 2.84. The maximum atomic E-state index is 12.2. The molecule has 0 radical (unpaired) electrons. The molecule has 0 aromatic heterocycles. The van der Waals surface area contributed by atoms with E-state index in [4.69, 9.17) is 14.6 Å². The molecule has 1 heterocycles. The van der Waals surface area contributed by atoms with Crippen LogP contribution in [0.15, 0.2) is 0 Å². The lowest BCUT2D eigenvalue weighted by molar-refractivity contribution is -0.144. The first-order valence-corrected chi connectivity index (χ1v) is 6.54. The van der Waals surface area contributed by atoms with Gasteiger partial charge >= 0.3 is 12.1 Å². The Morgan fingerprint density at radius 1 is 1.32 bits per heavy atom. The molecule has 110 valence electrons. The summed E-state index contributed by atoms with van der Waals surface area (Å²) < 4.78 is 10.6. The predicted octanol–water partition coefficient (Wildman–Crippen LogP) is 1.88. The molecule has 0 saturated carbocycles. The van der Waals surface area contributed by atoms with Crippen molar-refractivity contribution in [2.45, 2.75) is 58.2 Å². The summed E-state index contributed by atoms with van der Waals surface area (Å²) in [7, 11) is 0. The molecule has 6 nitrogen and oxygen atoms in total. The van der Waals surface area contributed by atoms with Crippen LogP contribution in [0.5, 0.6) is 0 Å². The van der Waals surface area contributed by atoms with Gasteiger partial charge in [0.05, 0.1) is 0 Å². The van der Waals surface area contributed by atoms with E-state index in [1.54, 1.807) is 20.8 Å². The van der Waals surface area contributed by atoms with Crippen LogP contribution in [0.1, 0.15) is 40.5 Å². The Morgan fingerprint density at radius 3 is 2.26 bits per heavy atom. The summed E-state index contributed by atoms with van der Waals surface area (Å²) in [5.41, 5.74) is -0.640. The summed E-state index contributed by atoms with van der Waals surface area (Å²) in [6.07, 6.45) is 0.697. The maximum absolute atomic E-state index is 12.2. The molecule has 1 unspecified atom stereocenters. The van der Waals surface area contributed by atoms with Crippen LogP contribution in [-0.2, 0) is 14.3 Å². The normalized spacial score (nSPS) is 18.7. The van der Waals surface area contributed by atoms with Gasteiger partial charge in [0.15, 0.2) is 0 Å². The second-order valence-corrected chi connectivity index (χ2v) is 5.75. The van der Waals surface area contributed by atoms with Gasteiger partial charge in [0, 0.05) is 19.3 Å². The number of ether oxygens (including phenoxy) is 2. The van der Waals surface area contributed by atoms with Crippen molar-refractivity contribution in [2.75, 3.05) is 13.2 Å². The van der Waals surface area contributed by atoms with E-state index < -0.39 is 23.7 Å². The number of carbonyl (C=O) groups excluding carboxylic acids is 1. The van der Waals surface area contributed by atoms with E-state index in [0.29, 0.717) is 26.1 Å². The smallest absolute Gasteiger partial charge is 0.411 e. The Morgan fingerprint density at radius 2 is 1.84 bits per heavy atom. The zero-order chi connectivity index (χ0) is 14.6. The van der Waals surface area contributed by atoms with Gasteiger partial charge in [-0.05, 0) is 40.5 Å². The Hall–Kier alpha value is -1.30. The van der Waals surface area contributed by atoms with Gasteiger partial charge < -0.3 is 14.6 Å². The molecule has 1 rings (SSSR count). The van der Waals surface area contributed by atoms with E-state index in [1.807, 2.05) is 0 Å². The fourth-order valence-corrected chi connectivity index (χ4v) is 2.02. The molecule has 6 heteroatoms. The summed E-state index contributed by atoms with van der Waals surface area (Å²) in [6.45, 7) is 7.86. The minimum Gasteiger partial charge on any atom is -0.480 e. The highest BCUT2D eigenvalue weighted by molar-refractivity contribution is 5.80. The van der Waals surface area contributed by atoms with Gasteiger partial charge in [0.1, 0.15) is 11.6 Å². The number of hydrogen-bond donors (Lipinski definition) is 1. The van der Waals surface area contributed by atoms with Gasteiger partial charge in [-0.25, -0.2) is 9.59 Å². The molecule has 1 amide bonds. The molecule has 0 aromatic carbocycles. The van der Waals surface area contributed by atoms with Crippen LogP contribution >= 0.6 is 0 Å². The summed E-state index contributed by atoms with van der Waals surface area (Å²) in [4.78, 5) is 24.7. The summed E-state index contributed by atoms with van der Waals surface area (Å²) in [5.74, 6) is -1.03. The zero-order valence-corrected chi connectivity index (χ0v) is 12.0. The van der Waals surface area contributed by atoms with E-state index in [2.05, 4.69) is 0 Å². The summed E-state index contributed by atoms with van der Waals surface area (Å²) >= 11 is 0. The van der Waals surface area contributed by atoms with Crippen molar-refractivity contribution < 1.29 is 24.2 Å². The average molecular weight is 273 g/mol. The second-order valence-electron chi connectivity index (χ2n) is 5.75. The number of rotatable bonds is 3. The van der Waals surface area contributed by atoms with Crippen molar-refractivity contribution in [1.82, 2.24) is 4.90 Å². The fraction of sp³-hybridized carbons (Fsp3) is 0.846. The van der Waals surface area contributed by atoms with E-state index in [1.165, 1.54) is 11.8 Å². The monoisotopic (exact) mass is 273 g/mol. The van der Waals surface area contributed by atoms with E-state index in [-0.39, 0.29) is 6.04 Å². The summed E-state index contributed by atoms with van der Waals surface area (Å²) in [5, 5.41) is 9.15. The minimum atomic E-state index is -1.03. The molecule has 1 N–H and O–H groups in total. The van der Waals surface area contributed by atoms with E-state index >= 15 is 0 Å². The van der Waals surface area contributed by atoms with Gasteiger partial charge in [0.25, 0.3) is 0 Å². The van der Waals surface area contributed by atoms with Gasteiger partial charge in [0.2, 0.25) is 0 Å². The fourth-order valence-electron chi connectivity index (χ4n) is 2.02. The Bertz CT molecular complexity index is 330. The van der Waals surface area contributed by atoms with Crippen LogP contribution in [0.3, 0.4) is 0 Å². The first-order chi connectivity index (χ1) is 8.72. The highest BCUT2D eigenvalue weighted by atomic mass is 16.6.